The Morgan fingerprint density at radius 1 is 1.57 bits per heavy atom. The monoisotopic (exact) mass is 202 g/mol. The average Bonchev–Trinajstić information content (AvgIpc) is 2.09. The Labute approximate surface area is 81.6 Å². The molecule has 1 fully saturated rings. The molecule has 0 spiro atoms. The summed E-state index contributed by atoms with van der Waals surface area (Å²) in [6.07, 6.45) is 0. The van der Waals surface area contributed by atoms with Crippen LogP contribution in [0.25, 0.3) is 0 Å². The first kappa shape index (κ1) is 10.9. The van der Waals surface area contributed by atoms with Crippen LogP contribution in [0.4, 0.5) is 0 Å². The molecule has 0 bridgehead atoms. The largest absolute Gasteiger partial charge is 0.480 e. The molecule has 1 saturated heterocycles. The number of carboxylic acid groups (broad SMARTS) is 1. The van der Waals surface area contributed by atoms with E-state index in [0.29, 0.717) is 13.1 Å². The minimum absolute atomic E-state index is 0.0188. The van der Waals surface area contributed by atoms with Crippen LogP contribution in [0.3, 0.4) is 0 Å². The van der Waals surface area contributed by atoms with Crippen molar-refractivity contribution in [2.75, 3.05) is 26.2 Å². The number of hydrogen-bond acceptors (Lipinski definition) is 4. The molecule has 1 aliphatic heterocycles. The van der Waals surface area contributed by atoms with Crippen molar-refractivity contribution in [3.63, 3.8) is 0 Å². The lowest BCUT2D eigenvalue weighted by atomic mass is 9.96. The first-order valence-electron chi connectivity index (χ1n) is 4.30. The quantitative estimate of drug-likeness (QED) is 0.587. The van der Waals surface area contributed by atoms with Gasteiger partial charge >= 0.3 is 5.97 Å². The van der Waals surface area contributed by atoms with E-state index in [1.165, 1.54) is 0 Å². The van der Waals surface area contributed by atoms with Crippen LogP contribution in [0.2, 0.25) is 0 Å². The Morgan fingerprint density at radius 3 is 2.57 bits per heavy atom. The lowest BCUT2D eigenvalue weighted by molar-refractivity contribution is -0.172. The minimum Gasteiger partial charge on any atom is -0.480 e. The SMILES string of the molecule is CC1(OCC(=O)O)CN(C(=O)CN)C1. The van der Waals surface area contributed by atoms with Gasteiger partial charge in [0.1, 0.15) is 12.2 Å². The van der Waals surface area contributed by atoms with Crippen LogP contribution < -0.4 is 5.73 Å². The number of carboxylic acids is 1. The molecule has 0 unspecified atom stereocenters. The van der Waals surface area contributed by atoms with Gasteiger partial charge in [-0.25, -0.2) is 4.79 Å². The number of nitrogens with zero attached hydrogens (tertiary/aromatic N) is 1. The van der Waals surface area contributed by atoms with Gasteiger partial charge < -0.3 is 20.5 Å². The van der Waals surface area contributed by atoms with Gasteiger partial charge in [0.2, 0.25) is 5.91 Å². The average molecular weight is 202 g/mol. The Bertz CT molecular complexity index is 248. The number of aliphatic carboxylic acids is 1. The van der Waals surface area contributed by atoms with Gasteiger partial charge in [0.15, 0.2) is 0 Å². The standard InChI is InChI=1S/C8H14N2O4/c1-8(14-3-7(12)13)4-10(5-8)6(11)2-9/h2-5,9H2,1H3,(H,12,13). The van der Waals surface area contributed by atoms with Gasteiger partial charge in [-0.2, -0.15) is 0 Å². The summed E-state index contributed by atoms with van der Waals surface area (Å²) < 4.78 is 5.12. The number of nitrogens with two attached hydrogens (primary N) is 1. The minimum atomic E-state index is -1.00. The van der Waals surface area contributed by atoms with Gasteiger partial charge in [-0.3, -0.25) is 4.79 Å². The number of likely N-dealkylation sites (tertiary alicyclic amines) is 1. The molecule has 0 aromatic rings. The van der Waals surface area contributed by atoms with Crippen LogP contribution in [0.5, 0.6) is 0 Å². The Morgan fingerprint density at radius 2 is 2.14 bits per heavy atom. The summed E-state index contributed by atoms with van der Waals surface area (Å²) in [6.45, 7) is 2.25. The molecular formula is C8H14N2O4. The van der Waals surface area contributed by atoms with E-state index in [-0.39, 0.29) is 19.1 Å². The predicted octanol–water partition coefficient (Wildman–Crippen LogP) is -1.35. The maximum atomic E-state index is 11.0. The van der Waals surface area contributed by atoms with Crippen LogP contribution >= 0.6 is 0 Å². The van der Waals surface area contributed by atoms with E-state index in [4.69, 9.17) is 15.6 Å². The van der Waals surface area contributed by atoms with E-state index in [0.717, 1.165) is 0 Å². The van der Waals surface area contributed by atoms with E-state index in [2.05, 4.69) is 0 Å². The second-order valence-corrected chi connectivity index (χ2v) is 3.59. The number of amides is 1. The van der Waals surface area contributed by atoms with Gasteiger partial charge in [0.05, 0.1) is 19.6 Å². The highest BCUT2D eigenvalue weighted by molar-refractivity contribution is 5.79. The lowest BCUT2D eigenvalue weighted by Gasteiger charge is -2.47. The number of hydrogen-bond donors (Lipinski definition) is 2. The van der Waals surface area contributed by atoms with Gasteiger partial charge in [-0.05, 0) is 6.92 Å². The van der Waals surface area contributed by atoms with Gasteiger partial charge in [-0.1, -0.05) is 0 Å². The molecule has 1 heterocycles. The molecule has 0 saturated carbocycles. The van der Waals surface area contributed by atoms with E-state index in [1.807, 2.05) is 0 Å². The summed E-state index contributed by atoms with van der Waals surface area (Å²) in [6, 6.07) is 0. The zero-order valence-corrected chi connectivity index (χ0v) is 8.02. The molecule has 3 N–H and O–H groups in total. The molecule has 1 amide bonds. The summed E-state index contributed by atoms with van der Waals surface area (Å²) in [4.78, 5) is 22.8. The lowest BCUT2D eigenvalue weighted by Crippen LogP contribution is -2.64. The fourth-order valence-electron chi connectivity index (χ4n) is 1.39. The molecule has 14 heavy (non-hydrogen) atoms. The highest BCUT2D eigenvalue weighted by atomic mass is 16.5. The van der Waals surface area contributed by atoms with Crippen LogP contribution in [-0.2, 0) is 14.3 Å². The third-order valence-electron chi connectivity index (χ3n) is 2.12. The van der Waals surface area contributed by atoms with Crippen LogP contribution in [0.15, 0.2) is 0 Å². The molecule has 0 atom stereocenters. The third-order valence-corrected chi connectivity index (χ3v) is 2.12. The molecule has 0 aromatic heterocycles. The van der Waals surface area contributed by atoms with Crippen LogP contribution in [0, 0.1) is 0 Å². The number of carbonyl (C=O) groups excluding carboxylic acids is 1. The normalized spacial score (nSPS) is 18.9. The fraction of sp³-hybridized carbons (Fsp3) is 0.750. The second-order valence-electron chi connectivity index (χ2n) is 3.59. The molecular weight excluding hydrogens is 188 g/mol. The number of rotatable bonds is 4. The van der Waals surface area contributed by atoms with Crippen LogP contribution in [0.1, 0.15) is 6.92 Å². The molecule has 6 nitrogen and oxygen atoms in total. The topological polar surface area (TPSA) is 92.9 Å². The third kappa shape index (κ3) is 2.43. The van der Waals surface area contributed by atoms with Crippen molar-refractivity contribution in [3.8, 4) is 0 Å². The van der Waals surface area contributed by atoms with E-state index in [1.54, 1.807) is 11.8 Å². The zero-order valence-electron chi connectivity index (χ0n) is 8.02. The van der Waals surface area contributed by atoms with Crippen LogP contribution in [-0.4, -0.2) is 53.7 Å². The molecule has 1 aliphatic rings. The second kappa shape index (κ2) is 3.93. The molecule has 80 valence electrons. The van der Waals surface area contributed by atoms with Crippen molar-refractivity contribution < 1.29 is 19.4 Å². The summed E-state index contributed by atoms with van der Waals surface area (Å²) in [7, 11) is 0. The first-order chi connectivity index (χ1) is 6.47. The Balaban J connectivity index is 2.30. The zero-order chi connectivity index (χ0) is 10.8. The van der Waals surface area contributed by atoms with Crippen molar-refractivity contribution in [1.82, 2.24) is 4.90 Å². The first-order valence-corrected chi connectivity index (χ1v) is 4.30. The Kier molecular flexibility index (Phi) is 3.07. The molecule has 0 aliphatic carbocycles. The van der Waals surface area contributed by atoms with Crippen molar-refractivity contribution in [1.29, 1.82) is 0 Å². The van der Waals surface area contributed by atoms with E-state index >= 15 is 0 Å². The smallest absolute Gasteiger partial charge is 0.329 e. The van der Waals surface area contributed by atoms with Crippen molar-refractivity contribution in [2.45, 2.75) is 12.5 Å². The molecule has 1 rings (SSSR count). The molecule has 0 radical (unpaired) electrons. The highest BCUT2D eigenvalue weighted by Gasteiger charge is 2.42. The number of ether oxygens (including phenoxy) is 1. The van der Waals surface area contributed by atoms with Gasteiger partial charge in [-0.15, -0.1) is 0 Å². The Hall–Kier alpha value is -1.14. The maximum Gasteiger partial charge on any atom is 0.329 e. The maximum absolute atomic E-state index is 11.0. The summed E-state index contributed by atoms with van der Waals surface area (Å²) in [5.74, 6) is -1.14. The summed E-state index contributed by atoms with van der Waals surface area (Å²) in [5.41, 5.74) is 4.64. The van der Waals surface area contributed by atoms with Crippen molar-refractivity contribution in [2.24, 2.45) is 5.73 Å². The fourth-order valence-corrected chi connectivity index (χ4v) is 1.39. The molecule has 6 heteroatoms. The van der Waals surface area contributed by atoms with Gasteiger partial charge in [0.25, 0.3) is 0 Å². The van der Waals surface area contributed by atoms with E-state index in [9.17, 15) is 9.59 Å². The highest BCUT2D eigenvalue weighted by Crippen LogP contribution is 2.24. The van der Waals surface area contributed by atoms with Crippen molar-refractivity contribution in [3.05, 3.63) is 0 Å². The van der Waals surface area contributed by atoms with Crippen molar-refractivity contribution >= 4 is 11.9 Å². The van der Waals surface area contributed by atoms with E-state index < -0.39 is 11.6 Å². The van der Waals surface area contributed by atoms with Gasteiger partial charge in [0, 0.05) is 0 Å². The number of carbonyl (C=O) groups is 2. The summed E-state index contributed by atoms with van der Waals surface area (Å²) in [5, 5.41) is 8.39. The summed E-state index contributed by atoms with van der Waals surface area (Å²) >= 11 is 0. The predicted molar refractivity (Wildman–Crippen MR) is 47.6 cm³/mol. The molecule has 0 aromatic carbocycles.